The van der Waals surface area contributed by atoms with Gasteiger partial charge in [0.15, 0.2) is 0 Å². The van der Waals surface area contributed by atoms with Crippen LogP contribution in [-0.2, 0) is 6.61 Å². The molecular formula is C16H26N2O. The average Bonchev–Trinajstić information content (AvgIpc) is 2.65. The average molecular weight is 262 g/mol. The first-order valence-electron chi connectivity index (χ1n) is 7.50. The van der Waals surface area contributed by atoms with Crippen molar-refractivity contribution in [2.75, 3.05) is 25.0 Å². The summed E-state index contributed by atoms with van der Waals surface area (Å²) in [5, 5.41) is 12.8. The molecule has 1 aliphatic rings. The van der Waals surface area contributed by atoms with Crippen LogP contribution in [0.25, 0.3) is 0 Å². The summed E-state index contributed by atoms with van der Waals surface area (Å²) in [6.45, 7) is 6.03. The summed E-state index contributed by atoms with van der Waals surface area (Å²) < 4.78 is 0. The molecule has 1 aliphatic heterocycles. The van der Waals surface area contributed by atoms with Crippen LogP contribution in [0, 0.1) is 0 Å². The molecule has 19 heavy (non-hydrogen) atoms. The fourth-order valence-corrected chi connectivity index (χ4v) is 2.84. The van der Waals surface area contributed by atoms with E-state index in [0.29, 0.717) is 6.04 Å². The molecule has 0 aromatic heterocycles. The van der Waals surface area contributed by atoms with Gasteiger partial charge in [-0.25, -0.2) is 0 Å². The molecule has 1 heterocycles. The molecule has 0 aliphatic carbocycles. The second-order valence-corrected chi connectivity index (χ2v) is 5.47. The second-order valence-electron chi connectivity index (χ2n) is 5.47. The number of aliphatic hydroxyl groups is 1. The number of rotatable bonds is 5. The van der Waals surface area contributed by atoms with Crippen LogP contribution in [0.2, 0.25) is 0 Å². The quantitative estimate of drug-likeness (QED) is 0.856. The molecule has 106 valence electrons. The Bertz CT molecular complexity index is 381. The minimum atomic E-state index is 0.116. The van der Waals surface area contributed by atoms with Gasteiger partial charge in [0.2, 0.25) is 0 Å². The van der Waals surface area contributed by atoms with Gasteiger partial charge in [0.1, 0.15) is 0 Å². The highest BCUT2D eigenvalue weighted by Gasteiger charge is 2.16. The van der Waals surface area contributed by atoms with E-state index in [1.165, 1.54) is 45.3 Å². The predicted molar refractivity (Wildman–Crippen MR) is 80.4 cm³/mol. The zero-order chi connectivity index (χ0) is 13.5. The number of nitrogens with one attached hydrogen (secondary N) is 1. The highest BCUT2D eigenvalue weighted by atomic mass is 16.3. The van der Waals surface area contributed by atoms with Crippen LogP contribution in [0.3, 0.4) is 0 Å². The van der Waals surface area contributed by atoms with Crippen LogP contribution in [0.1, 0.15) is 38.2 Å². The summed E-state index contributed by atoms with van der Waals surface area (Å²) in [7, 11) is 0. The van der Waals surface area contributed by atoms with E-state index in [0.717, 1.165) is 11.3 Å². The van der Waals surface area contributed by atoms with E-state index < -0.39 is 0 Å². The van der Waals surface area contributed by atoms with E-state index >= 15 is 0 Å². The van der Waals surface area contributed by atoms with Gasteiger partial charge in [-0.3, -0.25) is 0 Å². The third-order valence-electron chi connectivity index (χ3n) is 3.84. The van der Waals surface area contributed by atoms with Crippen molar-refractivity contribution >= 4 is 5.69 Å². The van der Waals surface area contributed by atoms with Gasteiger partial charge < -0.3 is 15.3 Å². The minimum Gasteiger partial charge on any atom is -0.392 e. The van der Waals surface area contributed by atoms with Crippen molar-refractivity contribution in [2.24, 2.45) is 0 Å². The molecule has 3 heteroatoms. The maximum Gasteiger partial charge on any atom is 0.0682 e. The monoisotopic (exact) mass is 262 g/mol. The second kappa shape index (κ2) is 7.51. The molecule has 1 fully saturated rings. The van der Waals surface area contributed by atoms with Crippen molar-refractivity contribution in [1.29, 1.82) is 0 Å². The number of aliphatic hydroxyl groups excluding tert-OH is 1. The molecular weight excluding hydrogens is 236 g/mol. The van der Waals surface area contributed by atoms with Gasteiger partial charge in [0, 0.05) is 18.3 Å². The Morgan fingerprint density at radius 1 is 1.32 bits per heavy atom. The fourth-order valence-electron chi connectivity index (χ4n) is 2.84. The van der Waals surface area contributed by atoms with Crippen molar-refractivity contribution in [2.45, 2.75) is 45.3 Å². The molecule has 0 amide bonds. The molecule has 0 bridgehead atoms. The number of anilines is 1. The number of likely N-dealkylation sites (tertiary alicyclic amines) is 1. The molecule has 1 aromatic carbocycles. The Balaban J connectivity index is 1.88. The van der Waals surface area contributed by atoms with E-state index in [-0.39, 0.29) is 6.61 Å². The molecule has 1 aromatic rings. The van der Waals surface area contributed by atoms with Gasteiger partial charge in [-0.1, -0.05) is 19.1 Å². The Labute approximate surface area is 116 Å². The zero-order valence-corrected chi connectivity index (χ0v) is 11.9. The smallest absolute Gasteiger partial charge is 0.0682 e. The van der Waals surface area contributed by atoms with Gasteiger partial charge in [-0.15, -0.1) is 0 Å². The first kappa shape index (κ1) is 14.4. The topological polar surface area (TPSA) is 35.5 Å². The minimum absolute atomic E-state index is 0.116. The van der Waals surface area contributed by atoms with Crippen LogP contribution >= 0.6 is 0 Å². The summed E-state index contributed by atoms with van der Waals surface area (Å²) >= 11 is 0. The molecule has 2 N–H and O–H groups in total. The summed E-state index contributed by atoms with van der Waals surface area (Å²) in [6, 6.07) is 8.67. The molecule has 3 nitrogen and oxygen atoms in total. The lowest BCUT2D eigenvalue weighted by Crippen LogP contribution is -2.27. The Morgan fingerprint density at radius 2 is 2.21 bits per heavy atom. The molecule has 0 spiro atoms. The van der Waals surface area contributed by atoms with Gasteiger partial charge in [0.25, 0.3) is 0 Å². The van der Waals surface area contributed by atoms with E-state index in [1.807, 2.05) is 12.1 Å². The van der Waals surface area contributed by atoms with Crippen molar-refractivity contribution in [1.82, 2.24) is 4.90 Å². The number of nitrogens with zero attached hydrogens (tertiary/aromatic N) is 1. The Hall–Kier alpha value is -1.06. The van der Waals surface area contributed by atoms with Crippen LogP contribution in [0.5, 0.6) is 0 Å². The molecule has 1 atom stereocenters. The third-order valence-corrected chi connectivity index (χ3v) is 3.84. The van der Waals surface area contributed by atoms with Crippen molar-refractivity contribution < 1.29 is 5.11 Å². The highest BCUT2D eigenvalue weighted by molar-refractivity contribution is 5.46. The summed E-state index contributed by atoms with van der Waals surface area (Å²) in [5.41, 5.74) is 2.12. The SMILES string of the molecule is CCCN1CCCC(Nc2cccc(CO)c2)CC1. The molecule has 1 saturated heterocycles. The standard InChI is InChI=1S/C16H26N2O/c1-2-9-18-10-4-7-15(8-11-18)17-16-6-3-5-14(12-16)13-19/h3,5-6,12,15,17,19H,2,4,7-11,13H2,1H3. The van der Waals surface area contributed by atoms with E-state index in [1.54, 1.807) is 0 Å². The lowest BCUT2D eigenvalue weighted by molar-refractivity contribution is 0.282. The highest BCUT2D eigenvalue weighted by Crippen LogP contribution is 2.18. The Morgan fingerprint density at radius 3 is 3.00 bits per heavy atom. The summed E-state index contributed by atoms with van der Waals surface area (Å²) in [5.74, 6) is 0. The lowest BCUT2D eigenvalue weighted by atomic mass is 10.1. The van der Waals surface area contributed by atoms with Crippen LogP contribution in [0.15, 0.2) is 24.3 Å². The van der Waals surface area contributed by atoms with Crippen molar-refractivity contribution in [3.8, 4) is 0 Å². The molecule has 0 saturated carbocycles. The number of benzene rings is 1. The summed E-state index contributed by atoms with van der Waals surface area (Å²) in [4.78, 5) is 2.58. The van der Waals surface area contributed by atoms with E-state index in [4.69, 9.17) is 0 Å². The van der Waals surface area contributed by atoms with Gasteiger partial charge in [0.05, 0.1) is 6.61 Å². The van der Waals surface area contributed by atoms with Gasteiger partial charge in [-0.2, -0.15) is 0 Å². The van der Waals surface area contributed by atoms with E-state index in [9.17, 15) is 5.11 Å². The first-order valence-corrected chi connectivity index (χ1v) is 7.50. The number of hydrogen-bond donors (Lipinski definition) is 2. The van der Waals surface area contributed by atoms with Crippen LogP contribution < -0.4 is 5.32 Å². The first-order chi connectivity index (χ1) is 9.31. The van der Waals surface area contributed by atoms with Gasteiger partial charge >= 0.3 is 0 Å². The lowest BCUT2D eigenvalue weighted by Gasteiger charge is -2.20. The molecule has 0 radical (unpaired) electrons. The van der Waals surface area contributed by atoms with Crippen molar-refractivity contribution in [3.63, 3.8) is 0 Å². The fraction of sp³-hybridized carbons (Fsp3) is 0.625. The largest absolute Gasteiger partial charge is 0.392 e. The van der Waals surface area contributed by atoms with Crippen LogP contribution in [0.4, 0.5) is 5.69 Å². The number of hydrogen-bond acceptors (Lipinski definition) is 3. The Kier molecular flexibility index (Phi) is 5.67. The predicted octanol–water partition coefficient (Wildman–Crippen LogP) is 2.86. The normalized spacial score (nSPS) is 21.1. The molecule has 2 rings (SSSR count). The third kappa shape index (κ3) is 4.51. The van der Waals surface area contributed by atoms with E-state index in [2.05, 4.69) is 29.3 Å². The molecule has 1 unspecified atom stereocenters. The zero-order valence-electron chi connectivity index (χ0n) is 11.9. The maximum absolute atomic E-state index is 9.17. The van der Waals surface area contributed by atoms with Crippen molar-refractivity contribution in [3.05, 3.63) is 29.8 Å². The maximum atomic E-state index is 9.17. The summed E-state index contributed by atoms with van der Waals surface area (Å²) in [6.07, 6.45) is 4.97. The van der Waals surface area contributed by atoms with Crippen LogP contribution in [-0.4, -0.2) is 35.7 Å². The van der Waals surface area contributed by atoms with Gasteiger partial charge in [-0.05, 0) is 56.5 Å².